The fraction of sp³-hybridized carbons (Fsp3) is 0.659. The van der Waals surface area contributed by atoms with Crippen molar-refractivity contribution in [1.29, 1.82) is 0 Å². The number of rotatable bonds is 2. The maximum Gasteiger partial charge on any atom is 0.337 e. The molecule has 2 bridgehead atoms. The molecule has 13 nitrogen and oxygen atoms in total. The molecule has 12 atom stereocenters. The SMILES string of the molecule is CCO[C@]12OC(=O)C(C)=C1C1=C3[C@@](C)(C2=O)[C@@H]2C[C@@H]2[C@@]3(O)C[C@@H]2[C@]13OC(=O)C1=C3CC3[C@]2(C)[C@@H]2C[C@@H]2[C@@]3(O)COC(=O)/C=C(\C)COC(=O)CCC(=O)C1. The molecule has 0 saturated heterocycles. The van der Waals surface area contributed by atoms with Crippen molar-refractivity contribution in [3.63, 3.8) is 0 Å². The Kier molecular flexibility index (Phi) is 6.57. The zero-order chi connectivity index (χ0) is 38.3. The van der Waals surface area contributed by atoms with Gasteiger partial charge in [-0.2, -0.15) is 0 Å². The lowest BCUT2D eigenvalue weighted by Crippen LogP contribution is -2.68. The number of carbonyl (C=O) groups is 6. The Morgan fingerprint density at radius 1 is 0.870 bits per heavy atom. The second kappa shape index (κ2) is 10.3. The van der Waals surface area contributed by atoms with Crippen molar-refractivity contribution in [2.45, 2.75) is 102 Å². The van der Waals surface area contributed by atoms with Gasteiger partial charge in [-0.05, 0) is 99.2 Å². The highest BCUT2D eigenvalue weighted by Crippen LogP contribution is 2.84. The van der Waals surface area contributed by atoms with Gasteiger partial charge in [0.15, 0.2) is 5.60 Å². The van der Waals surface area contributed by atoms with Gasteiger partial charge in [-0.15, -0.1) is 0 Å². The van der Waals surface area contributed by atoms with Gasteiger partial charge in [0, 0.05) is 59.7 Å². The predicted molar refractivity (Wildman–Crippen MR) is 181 cm³/mol. The van der Waals surface area contributed by atoms with Crippen molar-refractivity contribution < 1.29 is 62.7 Å². The predicted octanol–water partition coefficient (Wildman–Crippen LogP) is 2.66. The Bertz CT molecular complexity index is 2090. The number of ketones is 2. The van der Waals surface area contributed by atoms with Crippen LogP contribution in [0.15, 0.2) is 45.1 Å². The number of hydrogen-bond donors (Lipinski definition) is 2. The Hall–Kier alpha value is -3.94. The number of ether oxygens (including phenoxy) is 5. The summed E-state index contributed by atoms with van der Waals surface area (Å²) in [5.41, 5.74) is -4.83. The van der Waals surface area contributed by atoms with Crippen LogP contribution in [0, 0.1) is 46.3 Å². The number of Topliss-reactive ketones (excluding diaryl/α,β-unsaturated/α-hetero) is 2. The first-order valence-electron chi connectivity index (χ1n) is 19.3. The first-order chi connectivity index (χ1) is 25.4. The van der Waals surface area contributed by atoms with Crippen LogP contribution in [0.2, 0.25) is 0 Å². The number of esters is 4. The molecule has 286 valence electrons. The molecule has 54 heavy (non-hydrogen) atoms. The van der Waals surface area contributed by atoms with Crippen LogP contribution in [0.25, 0.3) is 0 Å². The van der Waals surface area contributed by atoms with Crippen molar-refractivity contribution in [3.05, 3.63) is 45.1 Å². The molecule has 0 amide bonds. The van der Waals surface area contributed by atoms with Gasteiger partial charge in [0.2, 0.25) is 5.78 Å². The zero-order valence-electron chi connectivity index (χ0n) is 31.0. The molecule has 0 aromatic heterocycles. The summed E-state index contributed by atoms with van der Waals surface area (Å²) in [4.78, 5) is 82.6. The van der Waals surface area contributed by atoms with Gasteiger partial charge < -0.3 is 33.9 Å². The van der Waals surface area contributed by atoms with Gasteiger partial charge in [0.1, 0.15) is 24.6 Å². The Balaban J connectivity index is 1.24. The van der Waals surface area contributed by atoms with Crippen molar-refractivity contribution >= 4 is 35.4 Å². The van der Waals surface area contributed by atoms with Gasteiger partial charge in [-0.1, -0.05) is 6.92 Å². The highest BCUT2D eigenvalue weighted by molar-refractivity contribution is 6.10. The third-order valence-electron chi connectivity index (χ3n) is 15.7. The Morgan fingerprint density at radius 2 is 1.61 bits per heavy atom. The van der Waals surface area contributed by atoms with Crippen molar-refractivity contribution in [2.75, 3.05) is 19.8 Å². The first kappa shape index (κ1) is 34.5. The summed E-state index contributed by atoms with van der Waals surface area (Å²) in [5, 5.41) is 26.0. The second-order valence-electron chi connectivity index (χ2n) is 18.0. The van der Waals surface area contributed by atoms with Crippen LogP contribution in [-0.4, -0.2) is 88.1 Å². The lowest BCUT2D eigenvalue weighted by atomic mass is 9.42. The van der Waals surface area contributed by atoms with E-state index in [9.17, 15) is 34.2 Å². The quantitative estimate of drug-likeness (QED) is 0.311. The van der Waals surface area contributed by atoms with Crippen LogP contribution in [-0.2, 0) is 52.5 Å². The summed E-state index contributed by atoms with van der Waals surface area (Å²) >= 11 is 0. The third kappa shape index (κ3) is 3.72. The van der Waals surface area contributed by atoms with Crippen LogP contribution in [0.5, 0.6) is 0 Å². The van der Waals surface area contributed by atoms with E-state index in [0.717, 1.165) is 0 Å². The molecule has 1 spiro atoms. The number of cyclic esters (lactones) is 2. The fourth-order valence-electron chi connectivity index (χ4n) is 13.4. The summed E-state index contributed by atoms with van der Waals surface area (Å²) in [6.45, 7) is 8.20. The fourth-order valence-corrected chi connectivity index (χ4v) is 13.4. The normalized spacial score (nSPS) is 49.5. The first-order valence-corrected chi connectivity index (χ1v) is 19.3. The molecule has 2 N–H and O–H groups in total. The van der Waals surface area contributed by atoms with Crippen LogP contribution < -0.4 is 0 Å². The maximum absolute atomic E-state index is 15.0. The molecule has 10 aliphatic rings. The monoisotopic (exact) mass is 744 g/mol. The van der Waals surface area contributed by atoms with Crippen molar-refractivity contribution in [3.8, 4) is 0 Å². The van der Waals surface area contributed by atoms with E-state index in [2.05, 4.69) is 6.92 Å². The van der Waals surface area contributed by atoms with E-state index in [1.54, 1.807) is 27.7 Å². The number of carbonyl (C=O) groups excluding carboxylic acids is 6. The van der Waals surface area contributed by atoms with E-state index >= 15 is 4.79 Å². The maximum atomic E-state index is 15.0. The van der Waals surface area contributed by atoms with E-state index in [-0.39, 0.29) is 92.3 Å². The van der Waals surface area contributed by atoms with E-state index in [0.29, 0.717) is 35.1 Å². The highest BCUT2D eigenvalue weighted by atomic mass is 16.7. The van der Waals surface area contributed by atoms with Crippen LogP contribution >= 0.6 is 0 Å². The topological polar surface area (TPSA) is 189 Å². The molecular formula is C41H44O13. The number of hydrogen-bond acceptors (Lipinski definition) is 13. The molecule has 13 heteroatoms. The molecule has 3 heterocycles. The van der Waals surface area contributed by atoms with E-state index in [1.807, 2.05) is 0 Å². The second-order valence-corrected chi connectivity index (χ2v) is 18.0. The standard InChI is InChI=1S/C41H44O13/c1-6-52-41-30(18(3)33(45)54-41)31-32-37(5,35(41)47)23-12-24(23)38(32,48)14-27-36(4)22-11-25(22)39(49)16-51-29(44)9-17(2)15-50-28(43)8-7-19(42)10-20-21(13-26(36)39)40(27,31)53-34(20)46/h9,22-27,48-49H,6-8,10-16H2,1-5H3/b17-9+/t22-,23-,24+,25+,26?,27+,36+,37+,38+,39+,40+,41+/m1/s1. The minimum absolute atomic E-state index is 0.0119. The Morgan fingerprint density at radius 3 is 2.35 bits per heavy atom. The van der Waals surface area contributed by atoms with Crippen LogP contribution in [0.1, 0.15) is 79.6 Å². The molecule has 0 aromatic carbocycles. The summed E-state index contributed by atoms with van der Waals surface area (Å²) in [7, 11) is 0. The van der Waals surface area contributed by atoms with Gasteiger partial charge in [-0.25, -0.2) is 14.4 Å². The van der Waals surface area contributed by atoms with Gasteiger partial charge in [-0.3, -0.25) is 14.4 Å². The van der Waals surface area contributed by atoms with Crippen LogP contribution in [0.3, 0.4) is 0 Å². The molecule has 0 aromatic rings. The molecule has 7 aliphatic carbocycles. The number of aliphatic hydroxyl groups is 2. The lowest BCUT2D eigenvalue weighted by molar-refractivity contribution is -0.214. The molecule has 3 aliphatic heterocycles. The summed E-state index contributed by atoms with van der Waals surface area (Å²) in [6.07, 6.45) is 1.74. The van der Waals surface area contributed by atoms with E-state index in [4.69, 9.17) is 23.7 Å². The summed E-state index contributed by atoms with van der Waals surface area (Å²) < 4.78 is 30.1. The largest absolute Gasteiger partial charge is 0.461 e. The van der Waals surface area contributed by atoms with Gasteiger partial charge in [0.05, 0.1) is 17.4 Å². The highest BCUT2D eigenvalue weighted by Gasteiger charge is 2.88. The van der Waals surface area contributed by atoms with Crippen molar-refractivity contribution in [2.24, 2.45) is 46.3 Å². The van der Waals surface area contributed by atoms with E-state index in [1.165, 1.54) is 6.08 Å². The average molecular weight is 745 g/mol. The van der Waals surface area contributed by atoms with Crippen LogP contribution in [0.4, 0.5) is 0 Å². The van der Waals surface area contributed by atoms with E-state index < -0.39 is 80.7 Å². The third-order valence-corrected chi connectivity index (χ3v) is 15.7. The van der Waals surface area contributed by atoms with Gasteiger partial charge in [0.25, 0.3) is 0 Å². The molecule has 1 unspecified atom stereocenters. The number of fused-ring (bicyclic) bond motifs is 9. The molecular weight excluding hydrogens is 700 g/mol. The minimum atomic E-state index is -2.14. The van der Waals surface area contributed by atoms with Crippen molar-refractivity contribution in [1.82, 2.24) is 0 Å². The average Bonchev–Trinajstić information content (AvgIpc) is 4.02. The summed E-state index contributed by atoms with van der Waals surface area (Å²) in [6, 6.07) is 0. The molecule has 5 saturated carbocycles. The zero-order valence-corrected chi connectivity index (χ0v) is 31.0. The molecule has 0 radical (unpaired) electrons. The van der Waals surface area contributed by atoms with Gasteiger partial charge >= 0.3 is 29.7 Å². The lowest BCUT2D eigenvalue weighted by Gasteiger charge is -2.63. The molecule has 5 fully saturated rings. The Labute approximate surface area is 311 Å². The minimum Gasteiger partial charge on any atom is -0.461 e. The summed E-state index contributed by atoms with van der Waals surface area (Å²) in [5.74, 6) is -8.10. The molecule has 10 rings (SSSR count). The smallest absolute Gasteiger partial charge is 0.337 e.